The highest BCUT2D eigenvalue weighted by molar-refractivity contribution is 6.37. The van der Waals surface area contributed by atoms with Crippen molar-refractivity contribution in [3.05, 3.63) is 0 Å². The molecule has 3 nitrogen and oxygen atoms in total. The topological polar surface area (TPSA) is 53.0 Å². The Kier molecular flexibility index (Phi) is 4.55. The zero-order chi connectivity index (χ0) is 9.72. The molecule has 70 valence electrons. The van der Waals surface area contributed by atoms with Crippen molar-refractivity contribution in [2.75, 3.05) is 0 Å². The van der Waals surface area contributed by atoms with E-state index in [4.69, 9.17) is 5.41 Å². The molecule has 0 radical (unpaired) electrons. The van der Waals surface area contributed by atoms with Crippen molar-refractivity contribution >= 4 is 11.6 Å². The lowest BCUT2D eigenvalue weighted by molar-refractivity contribution is -0.115. The van der Waals surface area contributed by atoms with Gasteiger partial charge in [0.15, 0.2) is 0 Å². The van der Waals surface area contributed by atoms with Gasteiger partial charge in [0.1, 0.15) is 0 Å². The van der Waals surface area contributed by atoms with Crippen LogP contribution in [0.5, 0.6) is 0 Å². The van der Waals surface area contributed by atoms with Crippen molar-refractivity contribution in [3.8, 4) is 0 Å². The molecule has 2 N–H and O–H groups in total. The molecule has 0 spiro atoms. The minimum atomic E-state index is -0.237. The first-order chi connectivity index (χ1) is 5.43. The molecule has 0 bridgehead atoms. The monoisotopic (exact) mass is 170 g/mol. The number of hydrogen-bond donors (Lipinski definition) is 2. The second-order valence-corrected chi connectivity index (χ2v) is 3.70. The molecule has 0 aliphatic rings. The molecule has 0 rings (SSSR count). The van der Waals surface area contributed by atoms with E-state index >= 15 is 0 Å². The van der Waals surface area contributed by atoms with Crippen LogP contribution in [-0.4, -0.2) is 17.7 Å². The molecule has 0 aromatic heterocycles. The number of hydrogen-bond acceptors (Lipinski definition) is 2. The van der Waals surface area contributed by atoms with Crippen LogP contribution in [0.15, 0.2) is 0 Å². The first-order valence-corrected chi connectivity index (χ1v) is 4.31. The van der Waals surface area contributed by atoms with E-state index in [0.29, 0.717) is 12.3 Å². The van der Waals surface area contributed by atoms with Crippen LogP contribution in [0.1, 0.15) is 34.1 Å². The third-order valence-corrected chi connectivity index (χ3v) is 1.31. The van der Waals surface area contributed by atoms with Gasteiger partial charge in [-0.2, -0.15) is 0 Å². The summed E-state index contributed by atoms with van der Waals surface area (Å²) in [5, 5.41) is 10.1. The van der Waals surface area contributed by atoms with Crippen LogP contribution >= 0.6 is 0 Å². The fourth-order valence-corrected chi connectivity index (χ4v) is 0.850. The summed E-state index contributed by atoms with van der Waals surface area (Å²) in [6, 6.07) is 0.116. The van der Waals surface area contributed by atoms with E-state index in [-0.39, 0.29) is 17.7 Å². The molecule has 0 saturated heterocycles. The summed E-state index contributed by atoms with van der Waals surface area (Å²) >= 11 is 0. The van der Waals surface area contributed by atoms with Crippen LogP contribution in [-0.2, 0) is 4.79 Å². The molecule has 0 aromatic carbocycles. The minimum absolute atomic E-state index is 0.116. The van der Waals surface area contributed by atoms with Crippen molar-refractivity contribution in [1.82, 2.24) is 5.32 Å². The summed E-state index contributed by atoms with van der Waals surface area (Å²) in [6.45, 7) is 7.77. The van der Waals surface area contributed by atoms with E-state index < -0.39 is 0 Å². The SMILES string of the molecule is CC(C)CC(=N)C(=O)NC(C)C. The van der Waals surface area contributed by atoms with Crippen molar-refractivity contribution in [3.63, 3.8) is 0 Å². The number of carbonyl (C=O) groups is 1. The summed E-state index contributed by atoms with van der Waals surface area (Å²) in [5.74, 6) is 0.133. The maximum absolute atomic E-state index is 11.2. The third kappa shape index (κ3) is 4.88. The molecule has 3 heteroatoms. The Morgan fingerprint density at radius 3 is 2.17 bits per heavy atom. The minimum Gasteiger partial charge on any atom is -0.349 e. The van der Waals surface area contributed by atoms with Gasteiger partial charge >= 0.3 is 0 Å². The van der Waals surface area contributed by atoms with Gasteiger partial charge in [0.25, 0.3) is 5.91 Å². The molecule has 0 aliphatic heterocycles. The maximum Gasteiger partial charge on any atom is 0.265 e. The molecule has 0 aliphatic carbocycles. The van der Waals surface area contributed by atoms with Gasteiger partial charge in [-0.05, 0) is 26.2 Å². The summed E-state index contributed by atoms with van der Waals surface area (Å²) in [6.07, 6.45) is 0.554. The highest BCUT2D eigenvalue weighted by Gasteiger charge is 2.11. The van der Waals surface area contributed by atoms with Crippen LogP contribution in [0, 0.1) is 11.3 Å². The van der Waals surface area contributed by atoms with E-state index in [9.17, 15) is 4.79 Å². The van der Waals surface area contributed by atoms with Crippen molar-refractivity contribution < 1.29 is 4.79 Å². The standard InChI is InChI=1S/C9H18N2O/c1-6(2)5-8(10)9(12)11-7(3)4/h6-7,10H,5H2,1-4H3,(H,11,12). The lowest BCUT2D eigenvalue weighted by Gasteiger charge is -2.10. The second kappa shape index (κ2) is 4.91. The average molecular weight is 170 g/mol. The Hall–Kier alpha value is -0.860. The van der Waals surface area contributed by atoms with Crippen molar-refractivity contribution in [2.24, 2.45) is 5.92 Å². The van der Waals surface area contributed by atoms with E-state index in [1.807, 2.05) is 27.7 Å². The highest BCUT2D eigenvalue weighted by Crippen LogP contribution is 2.00. The van der Waals surface area contributed by atoms with Crippen LogP contribution in [0.3, 0.4) is 0 Å². The predicted molar refractivity (Wildman–Crippen MR) is 50.5 cm³/mol. The largest absolute Gasteiger partial charge is 0.349 e. The van der Waals surface area contributed by atoms with Gasteiger partial charge in [0, 0.05) is 6.04 Å². The zero-order valence-electron chi connectivity index (χ0n) is 8.27. The fraction of sp³-hybridized carbons (Fsp3) is 0.778. The number of nitrogens with one attached hydrogen (secondary N) is 2. The molecule has 0 atom stereocenters. The van der Waals surface area contributed by atoms with Gasteiger partial charge in [0.2, 0.25) is 0 Å². The molecule has 0 fully saturated rings. The maximum atomic E-state index is 11.2. The molecular weight excluding hydrogens is 152 g/mol. The molecule has 0 aromatic rings. The lowest BCUT2D eigenvalue weighted by atomic mass is 10.1. The first-order valence-electron chi connectivity index (χ1n) is 4.31. The van der Waals surface area contributed by atoms with Crippen LogP contribution < -0.4 is 5.32 Å². The van der Waals surface area contributed by atoms with E-state index in [1.54, 1.807) is 0 Å². The average Bonchev–Trinajstić information content (AvgIpc) is 1.84. The lowest BCUT2D eigenvalue weighted by Crippen LogP contribution is -2.36. The molecule has 0 saturated carbocycles. The number of carbonyl (C=O) groups excluding carboxylic acids is 1. The van der Waals surface area contributed by atoms with Crippen LogP contribution in [0.2, 0.25) is 0 Å². The van der Waals surface area contributed by atoms with Gasteiger partial charge in [-0.25, -0.2) is 0 Å². The fourth-order valence-electron chi connectivity index (χ4n) is 0.850. The first kappa shape index (κ1) is 11.1. The predicted octanol–water partition coefficient (Wildman–Crippen LogP) is 1.58. The van der Waals surface area contributed by atoms with Gasteiger partial charge in [-0.15, -0.1) is 0 Å². The molecule has 0 heterocycles. The van der Waals surface area contributed by atoms with Crippen molar-refractivity contribution in [1.29, 1.82) is 5.41 Å². The van der Waals surface area contributed by atoms with E-state index in [2.05, 4.69) is 5.32 Å². The Morgan fingerprint density at radius 2 is 1.83 bits per heavy atom. The summed E-state index contributed by atoms with van der Waals surface area (Å²) in [5.41, 5.74) is 0.179. The van der Waals surface area contributed by atoms with E-state index in [1.165, 1.54) is 0 Å². The van der Waals surface area contributed by atoms with Crippen LogP contribution in [0.25, 0.3) is 0 Å². The Balaban J connectivity index is 3.86. The summed E-state index contributed by atoms with van der Waals surface area (Å²) in [4.78, 5) is 11.2. The molecule has 1 amide bonds. The molecule has 0 unspecified atom stereocenters. The number of amides is 1. The highest BCUT2D eigenvalue weighted by atomic mass is 16.1. The summed E-state index contributed by atoms with van der Waals surface area (Å²) in [7, 11) is 0. The van der Waals surface area contributed by atoms with E-state index in [0.717, 1.165) is 0 Å². The molecule has 12 heavy (non-hydrogen) atoms. The van der Waals surface area contributed by atoms with Crippen LogP contribution in [0.4, 0.5) is 0 Å². The van der Waals surface area contributed by atoms with Crippen molar-refractivity contribution in [2.45, 2.75) is 40.2 Å². The van der Waals surface area contributed by atoms with Gasteiger partial charge in [-0.1, -0.05) is 13.8 Å². The van der Waals surface area contributed by atoms with Gasteiger partial charge < -0.3 is 5.32 Å². The third-order valence-electron chi connectivity index (χ3n) is 1.31. The van der Waals surface area contributed by atoms with Gasteiger partial charge in [0.05, 0.1) is 5.71 Å². The Bertz CT molecular complexity index is 153. The summed E-state index contributed by atoms with van der Waals surface area (Å²) < 4.78 is 0. The Labute approximate surface area is 74.1 Å². The second-order valence-electron chi connectivity index (χ2n) is 3.70. The number of rotatable bonds is 4. The smallest absolute Gasteiger partial charge is 0.265 e. The van der Waals surface area contributed by atoms with Gasteiger partial charge in [-0.3, -0.25) is 10.2 Å². The Morgan fingerprint density at radius 1 is 1.33 bits per heavy atom. The normalized spacial score (nSPS) is 10.5. The zero-order valence-corrected chi connectivity index (χ0v) is 8.27. The molecular formula is C9H18N2O. The quantitative estimate of drug-likeness (QED) is 0.618.